The zero-order chi connectivity index (χ0) is 6.41. The summed E-state index contributed by atoms with van der Waals surface area (Å²) < 4.78 is -3.52. The van der Waals surface area contributed by atoms with Gasteiger partial charge in [-0.3, -0.25) is 0 Å². The Morgan fingerprint density at radius 3 is 0.857 bits per heavy atom. The van der Waals surface area contributed by atoms with Gasteiger partial charge in [-0.05, 0) is 0 Å². The topological polar surface area (TPSA) is 0 Å². The van der Waals surface area contributed by atoms with E-state index in [1.807, 2.05) is 0 Å². The second kappa shape index (κ2) is 1.92. The van der Waals surface area contributed by atoms with Gasteiger partial charge in [-0.1, -0.05) is 0 Å². The normalized spacial score (nSPS) is 23.1. The predicted octanol–water partition coefficient (Wildman–Crippen LogP) is 4.92. The van der Waals surface area contributed by atoms with Gasteiger partial charge < -0.3 is 0 Å². The molecule has 7 heavy (non-hydrogen) atoms. The summed E-state index contributed by atoms with van der Waals surface area (Å²) in [6.45, 7) is 0. The minimum absolute atomic E-state index is 3.19. The van der Waals surface area contributed by atoms with E-state index in [4.69, 9.17) is 9.69 Å². The van der Waals surface area contributed by atoms with Gasteiger partial charge in [0.25, 0.3) is 0 Å². The van der Waals surface area contributed by atoms with E-state index >= 15 is 0 Å². The quantitative estimate of drug-likeness (QED) is 0.387. The van der Waals surface area contributed by atoms with Crippen LogP contribution < -0.4 is 0 Å². The van der Waals surface area contributed by atoms with Crippen molar-refractivity contribution in [2.75, 3.05) is 0 Å². The monoisotopic (exact) mass is 531 g/mol. The van der Waals surface area contributed by atoms with Crippen molar-refractivity contribution < 1.29 is 1.63 Å². The Kier molecular flexibility index (Phi) is 2.83. The molecule has 0 nitrogen and oxygen atoms in total. The van der Waals surface area contributed by atoms with E-state index in [1.54, 1.807) is 0 Å². The van der Waals surface area contributed by atoms with Crippen LogP contribution in [0.4, 0.5) is 0 Å². The van der Waals surface area contributed by atoms with Crippen LogP contribution in [0.5, 0.6) is 0 Å². The molecule has 0 aromatic rings. The molecule has 0 bridgehead atoms. The van der Waals surface area contributed by atoms with Crippen molar-refractivity contribution in [3.8, 4) is 0 Å². The van der Waals surface area contributed by atoms with Crippen LogP contribution in [0.1, 0.15) is 0 Å². The fourth-order valence-electron chi connectivity index (χ4n) is 0. The molecule has 0 amide bonds. The Bertz CT molecular complexity index is 66.6. The van der Waals surface area contributed by atoms with Gasteiger partial charge in [0, 0.05) is 0 Å². The molecule has 7 heteroatoms. The first kappa shape index (κ1) is 10.3. The van der Waals surface area contributed by atoms with Gasteiger partial charge in [0.05, 0.1) is 0 Å². The molecule has 0 aromatic carbocycles. The Labute approximate surface area is 77.6 Å². The zero-order valence-electron chi connectivity index (χ0n) is 2.62. The summed E-state index contributed by atoms with van der Waals surface area (Å²) in [6, 6.07) is 0. The molecule has 0 atom stereocenters. The van der Waals surface area contributed by atoms with Gasteiger partial charge in [-0.2, -0.15) is 0 Å². The second-order valence-electron chi connectivity index (χ2n) is 0.758. The van der Waals surface area contributed by atoms with Gasteiger partial charge in [-0.25, -0.2) is 0 Å². The summed E-state index contributed by atoms with van der Waals surface area (Å²) in [7, 11) is 5.80. The van der Waals surface area contributed by atoms with Gasteiger partial charge in [0.2, 0.25) is 0 Å². The molecule has 0 aliphatic heterocycles. The zero-order valence-corrected chi connectivity index (χ0v) is 13.0. The predicted molar refractivity (Wildman–Crippen MR) is 50.5 cm³/mol. The first-order chi connectivity index (χ1) is 2.45. The Morgan fingerprint density at radius 1 is 0.857 bits per heavy atom. The summed E-state index contributed by atoms with van der Waals surface area (Å²) in [5, 5.41) is 0. The molecule has 0 heterocycles. The number of halogens is 6. The molecule has 0 spiro atoms. The molecule has 0 saturated carbocycles. The number of hydrogen-bond acceptors (Lipinski definition) is 0. The summed E-state index contributed by atoms with van der Waals surface area (Å²) >= 11 is 16.0. The molecule has 0 unspecified atom stereocenters. The average Bonchev–Trinajstić information content (AvgIpc) is 0.592. The van der Waals surface area contributed by atoms with Crippen LogP contribution >= 0.6 is 77.8 Å². The number of rotatable bonds is 0. The van der Waals surface area contributed by atoms with E-state index in [2.05, 4.69) is 68.1 Å². The molecular weight excluding hydrogens is 536 g/mol. The van der Waals surface area contributed by atoms with Crippen molar-refractivity contribution in [1.82, 2.24) is 0 Å². The molecule has 0 aliphatic carbocycles. The molecule has 0 N–H and O–H groups in total. The summed E-state index contributed by atoms with van der Waals surface area (Å²) in [5.74, 6) is 0. The molecule has 0 rings (SSSR count). The van der Waals surface area contributed by atoms with Crippen LogP contribution in [0.15, 0.2) is 0 Å². The molecule has 0 aliphatic rings. The molecule has 0 saturated heterocycles. The van der Waals surface area contributed by atoms with E-state index in [1.165, 1.54) is 0 Å². The van der Waals surface area contributed by atoms with Crippen molar-refractivity contribution in [1.29, 1.82) is 0 Å². The summed E-state index contributed by atoms with van der Waals surface area (Å²) in [6.07, 6.45) is 0. The van der Waals surface area contributed by atoms with E-state index in [-0.39, 0.29) is 0 Å². The second-order valence-corrected chi connectivity index (χ2v) is 104. The fraction of sp³-hybridized carbons (Fsp3) is 0. The van der Waals surface area contributed by atoms with E-state index in [9.17, 15) is 0 Å². The van der Waals surface area contributed by atoms with E-state index in [0.717, 1.165) is 0 Å². The van der Waals surface area contributed by atoms with Gasteiger partial charge >= 0.3 is 79.4 Å². The SMILES string of the molecule is [Cl][Ru-3]([Br])([Br])([Br])([Br])[Br]. The van der Waals surface area contributed by atoms with Crippen molar-refractivity contribution in [3.05, 3.63) is 0 Å². The van der Waals surface area contributed by atoms with Crippen LogP contribution in [-0.4, -0.2) is 0 Å². The van der Waals surface area contributed by atoms with Crippen molar-refractivity contribution in [3.63, 3.8) is 0 Å². The first-order valence-electron chi connectivity index (χ1n) is 0.802. The van der Waals surface area contributed by atoms with E-state index < -0.39 is 1.63 Å². The molecule has 0 fully saturated rings. The molecular formula is Br5ClRu-3. The third-order valence-electron chi connectivity index (χ3n) is 0. The van der Waals surface area contributed by atoms with E-state index in [0.29, 0.717) is 0 Å². The van der Waals surface area contributed by atoms with Crippen LogP contribution in [0.3, 0.4) is 0 Å². The molecule has 0 aromatic heterocycles. The van der Waals surface area contributed by atoms with Crippen LogP contribution in [0.2, 0.25) is 0 Å². The minimum atomic E-state index is -3.52. The van der Waals surface area contributed by atoms with Crippen LogP contribution in [0, 0.1) is 0 Å². The fourth-order valence-corrected chi connectivity index (χ4v) is 0. The van der Waals surface area contributed by atoms with Crippen LogP contribution in [-0.2, 0) is 1.63 Å². The van der Waals surface area contributed by atoms with Crippen molar-refractivity contribution in [2.24, 2.45) is 0 Å². The maximum absolute atomic E-state index is 5.80. The maximum atomic E-state index is 5.80. The Balaban J connectivity index is 4.43. The Morgan fingerprint density at radius 2 is 0.857 bits per heavy atom. The van der Waals surface area contributed by atoms with Crippen molar-refractivity contribution in [2.45, 2.75) is 0 Å². The number of hydrogen-bond donors (Lipinski definition) is 0. The van der Waals surface area contributed by atoms with Crippen LogP contribution in [0.25, 0.3) is 0 Å². The molecule has 0 radical (unpaired) electrons. The Hall–Kier alpha value is 3.31. The van der Waals surface area contributed by atoms with Crippen molar-refractivity contribution >= 4 is 77.8 Å². The summed E-state index contributed by atoms with van der Waals surface area (Å²) in [5.41, 5.74) is 0. The third kappa shape index (κ3) is 45.4. The summed E-state index contributed by atoms with van der Waals surface area (Å²) in [4.78, 5) is 0. The van der Waals surface area contributed by atoms with Gasteiger partial charge in [0.15, 0.2) is 0 Å². The molecule has 53 valence electrons. The first-order valence-corrected chi connectivity index (χ1v) is 22.9. The third-order valence-corrected chi connectivity index (χ3v) is 0. The average molecular weight is 536 g/mol. The standard InChI is InChI=1S/5BrH.ClH.Ru/h6*1H;/q;;;;;;+3/p-6. The van der Waals surface area contributed by atoms with Gasteiger partial charge in [0.1, 0.15) is 0 Å². The van der Waals surface area contributed by atoms with Gasteiger partial charge in [-0.15, -0.1) is 0 Å².